The zero-order valence-corrected chi connectivity index (χ0v) is 9.74. The second kappa shape index (κ2) is 5.36. The van der Waals surface area contributed by atoms with Crippen LogP contribution >= 0.6 is 0 Å². The summed E-state index contributed by atoms with van der Waals surface area (Å²) in [5.41, 5.74) is 1.83. The van der Waals surface area contributed by atoms with Crippen molar-refractivity contribution in [1.82, 2.24) is 0 Å². The van der Waals surface area contributed by atoms with Crippen molar-refractivity contribution >= 4 is 12.0 Å². The van der Waals surface area contributed by atoms with E-state index in [9.17, 15) is 4.79 Å². The van der Waals surface area contributed by atoms with Gasteiger partial charge in [0, 0.05) is 25.3 Å². The van der Waals surface area contributed by atoms with Gasteiger partial charge in [-0.1, -0.05) is 0 Å². The minimum atomic E-state index is 0. The molecule has 0 saturated carbocycles. The van der Waals surface area contributed by atoms with Gasteiger partial charge in [-0.15, -0.1) is 0 Å². The molecule has 3 heteroatoms. The van der Waals surface area contributed by atoms with Crippen molar-refractivity contribution < 1.29 is 35.8 Å². The minimum absolute atomic E-state index is 0. The van der Waals surface area contributed by atoms with Crippen LogP contribution in [0.15, 0.2) is 24.3 Å². The fraction of sp³-hybridized carbons (Fsp3) is 0.222. The number of carbonyl (C=O) groups excluding carboxylic acids is 1. The smallest absolute Gasteiger partial charge is 1.00 e. The van der Waals surface area contributed by atoms with Crippen molar-refractivity contribution in [2.24, 2.45) is 0 Å². The number of rotatable bonds is 2. The summed E-state index contributed by atoms with van der Waals surface area (Å²) in [5.74, 6) is 0. The van der Waals surface area contributed by atoms with E-state index in [4.69, 9.17) is 0 Å². The Morgan fingerprint density at radius 2 is 1.75 bits per heavy atom. The number of benzene rings is 1. The Bertz CT molecular complexity index is 248. The summed E-state index contributed by atoms with van der Waals surface area (Å²) in [6.07, 6.45) is 0.847. The molecule has 0 aliphatic heterocycles. The van der Waals surface area contributed by atoms with E-state index in [1.54, 1.807) is 0 Å². The van der Waals surface area contributed by atoms with Gasteiger partial charge in [0.25, 0.3) is 0 Å². The van der Waals surface area contributed by atoms with Crippen molar-refractivity contribution in [3.63, 3.8) is 0 Å². The molecule has 60 valence electrons. The first kappa shape index (κ1) is 11.7. The standard InChI is InChI=1S/C9H11NO.Na.H/c1-10(2)9-5-3-8(7-11)4-6-9;;/h3-7H,1-2H3;;/q;+1;-1. The van der Waals surface area contributed by atoms with Crippen LogP contribution in [-0.4, -0.2) is 20.4 Å². The van der Waals surface area contributed by atoms with Gasteiger partial charge in [0.15, 0.2) is 0 Å². The van der Waals surface area contributed by atoms with E-state index >= 15 is 0 Å². The normalized spacial score (nSPS) is 8.50. The van der Waals surface area contributed by atoms with Crippen molar-refractivity contribution in [3.8, 4) is 0 Å². The number of aldehydes is 1. The van der Waals surface area contributed by atoms with Gasteiger partial charge in [0.1, 0.15) is 6.29 Å². The van der Waals surface area contributed by atoms with Gasteiger partial charge >= 0.3 is 29.6 Å². The SMILES string of the molecule is CN(C)c1ccc(C=O)cc1.[H-].[Na+]. The number of carbonyl (C=O) groups is 1. The third-order valence-electron chi connectivity index (χ3n) is 1.55. The van der Waals surface area contributed by atoms with Gasteiger partial charge in [-0.3, -0.25) is 4.79 Å². The van der Waals surface area contributed by atoms with Crippen LogP contribution < -0.4 is 34.5 Å². The van der Waals surface area contributed by atoms with E-state index in [1.807, 2.05) is 43.3 Å². The van der Waals surface area contributed by atoms with E-state index in [1.165, 1.54) is 0 Å². The zero-order chi connectivity index (χ0) is 8.27. The van der Waals surface area contributed by atoms with Crippen LogP contribution in [-0.2, 0) is 0 Å². The van der Waals surface area contributed by atoms with Crippen LogP contribution in [0.2, 0.25) is 0 Å². The molecule has 12 heavy (non-hydrogen) atoms. The van der Waals surface area contributed by atoms with Crippen LogP contribution in [0.5, 0.6) is 0 Å². The number of nitrogens with zero attached hydrogens (tertiary/aromatic N) is 1. The molecule has 2 nitrogen and oxygen atoms in total. The first-order chi connectivity index (χ1) is 5.24. The van der Waals surface area contributed by atoms with Crippen molar-refractivity contribution in [2.75, 3.05) is 19.0 Å². The molecule has 1 rings (SSSR count). The summed E-state index contributed by atoms with van der Waals surface area (Å²) in [5, 5.41) is 0. The molecule has 1 aromatic rings. The second-order valence-electron chi connectivity index (χ2n) is 2.60. The molecule has 0 aliphatic carbocycles. The monoisotopic (exact) mass is 173 g/mol. The first-order valence-electron chi connectivity index (χ1n) is 3.46. The molecule has 1 aromatic carbocycles. The van der Waals surface area contributed by atoms with Crippen LogP contribution in [0, 0.1) is 0 Å². The zero-order valence-electron chi connectivity index (χ0n) is 8.74. The summed E-state index contributed by atoms with van der Waals surface area (Å²) in [7, 11) is 3.94. The molecule has 0 N–H and O–H groups in total. The molecule has 0 radical (unpaired) electrons. The van der Waals surface area contributed by atoms with Gasteiger partial charge < -0.3 is 6.33 Å². The Hall–Kier alpha value is -0.310. The van der Waals surface area contributed by atoms with Gasteiger partial charge in [0.2, 0.25) is 0 Å². The number of hydrogen-bond donors (Lipinski definition) is 0. The minimum Gasteiger partial charge on any atom is -1.00 e. The fourth-order valence-corrected chi connectivity index (χ4v) is 0.851. The molecule has 0 bridgehead atoms. The van der Waals surface area contributed by atoms with Crippen LogP contribution in [0.3, 0.4) is 0 Å². The molecule has 0 unspecified atom stereocenters. The van der Waals surface area contributed by atoms with Crippen LogP contribution in [0.1, 0.15) is 11.8 Å². The van der Waals surface area contributed by atoms with Crippen LogP contribution in [0.4, 0.5) is 5.69 Å². The van der Waals surface area contributed by atoms with E-state index in [-0.39, 0.29) is 31.0 Å². The van der Waals surface area contributed by atoms with Crippen LogP contribution in [0.25, 0.3) is 0 Å². The average Bonchev–Trinajstić information content (AvgIpc) is 2.05. The van der Waals surface area contributed by atoms with E-state index in [0.717, 1.165) is 17.5 Å². The largest absolute Gasteiger partial charge is 1.00 e. The molecule has 0 saturated heterocycles. The molecule has 0 amide bonds. The second-order valence-corrected chi connectivity index (χ2v) is 2.60. The van der Waals surface area contributed by atoms with Crippen molar-refractivity contribution in [3.05, 3.63) is 29.8 Å². The molecule has 0 heterocycles. The molecular formula is C9H12NNaO. The van der Waals surface area contributed by atoms with E-state index < -0.39 is 0 Å². The van der Waals surface area contributed by atoms with Gasteiger partial charge in [-0.2, -0.15) is 0 Å². The maximum atomic E-state index is 10.3. The van der Waals surface area contributed by atoms with Gasteiger partial charge in [-0.05, 0) is 24.3 Å². The topological polar surface area (TPSA) is 20.3 Å². The first-order valence-corrected chi connectivity index (χ1v) is 3.46. The average molecular weight is 173 g/mol. The van der Waals surface area contributed by atoms with Crippen molar-refractivity contribution in [2.45, 2.75) is 0 Å². The Labute approximate surface area is 96.3 Å². The fourth-order valence-electron chi connectivity index (χ4n) is 0.851. The molecule has 0 aromatic heterocycles. The van der Waals surface area contributed by atoms with E-state index in [0.29, 0.717) is 0 Å². The molecule has 0 atom stereocenters. The third kappa shape index (κ3) is 2.97. The Balaban J connectivity index is 0. The summed E-state index contributed by atoms with van der Waals surface area (Å²) in [4.78, 5) is 12.3. The summed E-state index contributed by atoms with van der Waals surface area (Å²) >= 11 is 0. The Morgan fingerprint density at radius 1 is 1.25 bits per heavy atom. The Morgan fingerprint density at radius 3 is 2.08 bits per heavy atom. The van der Waals surface area contributed by atoms with Gasteiger partial charge in [0.05, 0.1) is 0 Å². The molecule has 0 fully saturated rings. The Kier molecular flexibility index (Phi) is 5.22. The van der Waals surface area contributed by atoms with Crippen molar-refractivity contribution in [1.29, 1.82) is 0 Å². The number of hydrogen-bond acceptors (Lipinski definition) is 2. The maximum absolute atomic E-state index is 10.3. The quantitative estimate of drug-likeness (QED) is 0.408. The summed E-state index contributed by atoms with van der Waals surface area (Å²) in [6.45, 7) is 0. The number of anilines is 1. The third-order valence-corrected chi connectivity index (χ3v) is 1.55. The maximum Gasteiger partial charge on any atom is 1.00 e. The summed E-state index contributed by atoms with van der Waals surface area (Å²) < 4.78 is 0. The van der Waals surface area contributed by atoms with E-state index in [2.05, 4.69) is 0 Å². The molecular weight excluding hydrogens is 161 g/mol. The molecule has 0 spiro atoms. The summed E-state index contributed by atoms with van der Waals surface area (Å²) in [6, 6.07) is 7.46. The van der Waals surface area contributed by atoms with Gasteiger partial charge in [-0.25, -0.2) is 0 Å². The predicted octanol–water partition coefficient (Wildman–Crippen LogP) is -1.32. The molecule has 0 aliphatic rings. The predicted molar refractivity (Wildman–Crippen MR) is 47.3 cm³/mol.